The average molecular weight is 1220 g/mol. The number of aryl methyl sites for hydroxylation is 6. The fourth-order valence-corrected chi connectivity index (χ4v) is 12.1. The molecular weight excluding hydrogens is 1160 g/mol. The zero-order chi connectivity index (χ0) is 62.5. The van der Waals surface area contributed by atoms with Gasteiger partial charge in [0.05, 0.1) is 76.6 Å². The summed E-state index contributed by atoms with van der Waals surface area (Å²) in [7, 11) is 5.49. The first-order valence-corrected chi connectivity index (χ1v) is 29.0. The highest BCUT2D eigenvalue weighted by Crippen LogP contribution is 2.37. The molecule has 0 aliphatic carbocycles. The Hall–Kier alpha value is -11.1. The van der Waals surface area contributed by atoms with Gasteiger partial charge in [-0.05, 0) is 87.5 Å². The summed E-state index contributed by atoms with van der Waals surface area (Å²) in [4.78, 5) is 63.7. The zero-order valence-electron chi connectivity index (χ0n) is 49.7. The van der Waals surface area contributed by atoms with Gasteiger partial charge in [0.2, 0.25) is 5.56 Å². The van der Waals surface area contributed by atoms with E-state index in [-0.39, 0.29) is 53.8 Å². The molecule has 6 N–H and O–H groups in total. The maximum atomic E-state index is 14.5. The van der Waals surface area contributed by atoms with Gasteiger partial charge in [-0.2, -0.15) is 15.3 Å². The molecule has 22 nitrogen and oxygen atoms in total. The number of pyridine rings is 5. The lowest BCUT2D eigenvalue weighted by Crippen LogP contribution is -2.12. The van der Waals surface area contributed by atoms with Crippen molar-refractivity contribution >= 4 is 50.0 Å². The van der Waals surface area contributed by atoms with E-state index in [2.05, 4.69) is 66.1 Å². The Kier molecular flexibility index (Phi) is 15.4. The molecular formula is C65H59F3N16O6. The van der Waals surface area contributed by atoms with Crippen molar-refractivity contribution in [2.75, 3.05) is 35.8 Å². The van der Waals surface area contributed by atoms with Crippen LogP contribution in [0.4, 0.5) is 30.6 Å². The minimum absolute atomic E-state index is 0.205. The molecule has 0 fully saturated rings. The topological polar surface area (TPSA) is 267 Å². The first kappa shape index (κ1) is 57.9. The molecule has 0 spiro atoms. The molecule has 3 aromatic carbocycles. The second-order valence-electron chi connectivity index (χ2n) is 22.0. The van der Waals surface area contributed by atoms with Crippen molar-refractivity contribution in [3.8, 4) is 51.0 Å². The first-order chi connectivity index (χ1) is 43.6. The van der Waals surface area contributed by atoms with E-state index in [4.69, 9.17) is 14.2 Å². The molecule has 3 aliphatic heterocycles. The number of hydrogen-bond acceptors (Lipinski definition) is 16. The van der Waals surface area contributed by atoms with Crippen LogP contribution in [-0.4, -0.2) is 84.0 Å². The number of aromatic amines is 3. The number of benzene rings is 3. The Bertz CT molecular complexity index is 4800. The van der Waals surface area contributed by atoms with Crippen LogP contribution in [0.3, 0.4) is 0 Å². The summed E-state index contributed by atoms with van der Waals surface area (Å²) in [6.45, 7) is 8.08. The first-order valence-electron chi connectivity index (χ1n) is 29.0. The van der Waals surface area contributed by atoms with E-state index >= 15 is 0 Å². The summed E-state index contributed by atoms with van der Waals surface area (Å²) in [6.07, 6.45) is 9.93. The normalized spacial score (nSPS) is 12.8. The fourth-order valence-electron chi connectivity index (χ4n) is 12.1. The molecule has 12 aromatic rings. The third-order valence-corrected chi connectivity index (χ3v) is 16.2. The second-order valence-corrected chi connectivity index (χ2v) is 22.0. The van der Waals surface area contributed by atoms with Crippen molar-refractivity contribution in [2.24, 2.45) is 21.1 Å². The van der Waals surface area contributed by atoms with Crippen molar-refractivity contribution in [3.05, 3.63) is 203 Å². The number of fused-ring (bicyclic) bond motifs is 6. The van der Waals surface area contributed by atoms with Crippen LogP contribution < -0.4 is 46.8 Å². The lowest BCUT2D eigenvalue weighted by atomic mass is 10.0. The molecule has 0 atom stereocenters. The molecule has 15 rings (SSSR count). The molecule has 3 aliphatic rings. The summed E-state index contributed by atoms with van der Waals surface area (Å²) in [5, 5.41) is 25.1. The molecule has 9 aromatic heterocycles. The number of hydrogen-bond donors (Lipinski definition) is 6. The van der Waals surface area contributed by atoms with Crippen molar-refractivity contribution < 1.29 is 27.4 Å². The summed E-state index contributed by atoms with van der Waals surface area (Å²) in [5.74, 6) is 2.82. The Morgan fingerprint density at radius 3 is 1.42 bits per heavy atom. The molecule has 90 heavy (non-hydrogen) atoms. The predicted octanol–water partition coefficient (Wildman–Crippen LogP) is 9.35. The maximum Gasteiger partial charge on any atom is 0.259 e. The van der Waals surface area contributed by atoms with Gasteiger partial charge in [0.1, 0.15) is 51.9 Å². The number of anilines is 3. The van der Waals surface area contributed by atoms with E-state index in [0.29, 0.717) is 117 Å². The van der Waals surface area contributed by atoms with Crippen LogP contribution in [0.5, 0.6) is 17.2 Å². The van der Waals surface area contributed by atoms with Gasteiger partial charge in [0, 0.05) is 152 Å². The third-order valence-electron chi connectivity index (χ3n) is 16.2. The Balaban J connectivity index is 0.000000124. The Morgan fingerprint density at radius 1 is 0.500 bits per heavy atom. The van der Waals surface area contributed by atoms with Gasteiger partial charge in [-0.1, -0.05) is 0 Å². The van der Waals surface area contributed by atoms with Crippen LogP contribution in [0.15, 0.2) is 118 Å². The number of ether oxygens (including phenoxy) is 3. The van der Waals surface area contributed by atoms with Crippen molar-refractivity contribution in [1.29, 1.82) is 0 Å². The largest absolute Gasteiger partial charge is 0.493 e. The number of rotatable bonds is 12. The lowest BCUT2D eigenvalue weighted by molar-refractivity contribution is 0.356. The summed E-state index contributed by atoms with van der Waals surface area (Å²) >= 11 is 0. The molecule has 456 valence electrons. The minimum atomic E-state index is -0.302. The molecule has 12 heterocycles. The molecule has 0 bridgehead atoms. The van der Waals surface area contributed by atoms with E-state index in [1.807, 2.05) is 60.1 Å². The number of aromatic nitrogens is 13. The summed E-state index contributed by atoms with van der Waals surface area (Å²) in [6, 6.07) is 20.0. The maximum absolute atomic E-state index is 14.5. The number of nitrogens with one attached hydrogen (secondary N) is 6. The van der Waals surface area contributed by atoms with Crippen molar-refractivity contribution in [2.45, 2.75) is 59.7 Å². The SMILES string of the molecule is Cc1cc(-c2cnc(NCc3c(F)ccc4c3CCO4)c3cc[nH]c(=O)c23)n(C)n1.Cc1cc(-c2cnc(NCc3c(F)ccc4c3CCO4)c3ccc(=O)[nH]c23)n(C)n1.Cc1cc(-c2cnc(NCc3c(F)ccc4c3CCO4)c3nc[nH]c(=O)c23)n(C)n1. The highest BCUT2D eigenvalue weighted by molar-refractivity contribution is 6.01. The van der Waals surface area contributed by atoms with Gasteiger partial charge in [-0.25, -0.2) is 33.1 Å². The quantitative estimate of drug-likeness (QED) is 0.0665. The van der Waals surface area contributed by atoms with E-state index in [0.717, 1.165) is 73.3 Å². The standard InChI is InChI=1S/2C22H20FN5O2.C21H19FN6O2/c1-12-9-18(28(2)27-12)16-11-25-22(14-3-6-20(29)26-21(14)16)24-10-15-13-7-8-30-19(13)5-4-17(15)23;1-12-9-18(28(2)27-12)16-11-26-21(14-5-7-24-22(29)20(14)16)25-10-15-13-6-8-30-19(13)4-3-17(15)23;1-11-7-16(28(2)27-11)14-9-24-20(19-18(14)21(29)26-10-25-19)23-8-13-12-5-6-30-17(12)4-3-15(13)22/h3-6,9,11H,7-8,10H2,1-2H3,(H,24,25)(H,26,29);3-5,7,9,11H,6,8,10H2,1-2H3,(H,24,29)(H,25,26);3-4,7,9-10H,5-6,8H2,1-2H3,(H,23,24)(H,25,26,29). The summed E-state index contributed by atoms with van der Waals surface area (Å²) < 4.78 is 65.2. The van der Waals surface area contributed by atoms with Gasteiger partial charge in [-0.15, -0.1) is 0 Å². The van der Waals surface area contributed by atoms with Crippen LogP contribution in [0.2, 0.25) is 0 Å². The minimum Gasteiger partial charge on any atom is -0.493 e. The van der Waals surface area contributed by atoms with E-state index in [1.165, 1.54) is 30.6 Å². The molecule has 0 radical (unpaired) electrons. The fraction of sp³-hybridized carbons (Fsp3) is 0.231. The molecule has 25 heteroatoms. The van der Waals surface area contributed by atoms with Crippen LogP contribution in [0.1, 0.15) is 50.5 Å². The Morgan fingerprint density at radius 2 is 0.933 bits per heavy atom. The molecule has 0 unspecified atom stereocenters. The average Bonchev–Trinajstić information content (AvgIpc) is 1.23. The molecule has 0 saturated carbocycles. The van der Waals surface area contributed by atoms with Crippen LogP contribution >= 0.6 is 0 Å². The zero-order valence-corrected chi connectivity index (χ0v) is 49.7. The smallest absolute Gasteiger partial charge is 0.259 e. The highest BCUT2D eigenvalue weighted by atomic mass is 19.1. The number of H-pyrrole nitrogens is 3. The van der Waals surface area contributed by atoms with Gasteiger partial charge >= 0.3 is 0 Å². The highest BCUT2D eigenvalue weighted by Gasteiger charge is 2.25. The predicted molar refractivity (Wildman–Crippen MR) is 334 cm³/mol. The second kappa shape index (κ2) is 23.9. The van der Waals surface area contributed by atoms with Crippen molar-refractivity contribution in [3.63, 3.8) is 0 Å². The van der Waals surface area contributed by atoms with Gasteiger partial charge < -0.3 is 45.1 Å². The lowest BCUT2D eigenvalue weighted by Gasteiger charge is -2.14. The van der Waals surface area contributed by atoms with Gasteiger partial charge in [0.25, 0.3) is 11.1 Å². The molecule has 0 amide bonds. The van der Waals surface area contributed by atoms with Crippen LogP contribution in [0.25, 0.3) is 66.4 Å². The van der Waals surface area contributed by atoms with E-state index in [1.54, 1.807) is 69.2 Å². The Labute approximate surface area is 510 Å². The monoisotopic (exact) mass is 1220 g/mol. The van der Waals surface area contributed by atoms with E-state index in [9.17, 15) is 27.6 Å². The van der Waals surface area contributed by atoms with Crippen LogP contribution in [-0.2, 0) is 60.0 Å². The number of halogens is 3. The van der Waals surface area contributed by atoms with Gasteiger partial charge in [0.15, 0.2) is 5.82 Å². The van der Waals surface area contributed by atoms with E-state index < -0.39 is 0 Å². The van der Waals surface area contributed by atoms with Crippen LogP contribution in [0, 0.1) is 38.2 Å². The molecule has 0 saturated heterocycles. The van der Waals surface area contributed by atoms with Crippen molar-refractivity contribution in [1.82, 2.24) is 64.2 Å². The van der Waals surface area contributed by atoms with Gasteiger partial charge in [-0.3, -0.25) is 28.4 Å². The number of nitrogens with zero attached hydrogens (tertiary/aromatic N) is 10. The third kappa shape index (κ3) is 11.0. The summed E-state index contributed by atoms with van der Waals surface area (Å²) in [5.41, 5.74) is 11.8.